The number of carbonyl (C=O) groups excluding carboxylic acids is 1. The van der Waals surface area contributed by atoms with Gasteiger partial charge in [-0.15, -0.1) is 0 Å². The summed E-state index contributed by atoms with van der Waals surface area (Å²) in [6.07, 6.45) is 6.25. The van der Waals surface area contributed by atoms with E-state index in [2.05, 4.69) is 13.8 Å². The van der Waals surface area contributed by atoms with E-state index in [0.717, 1.165) is 45.1 Å². The summed E-state index contributed by atoms with van der Waals surface area (Å²) in [6, 6.07) is 0. The van der Waals surface area contributed by atoms with E-state index >= 15 is 0 Å². The van der Waals surface area contributed by atoms with Crippen LogP contribution in [0.4, 0.5) is 0 Å². The van der Waals surface area contributed by atoms with Crippen LogP contribution < -0.4 is 0 Å². The van der Waals surface area contributed by atoms with Crippen LogP contribution in [0.1, 0.15) is 52.4 Å². The number of hydrogen-bond donors (Lipinski definition) is 0. The highest BCUT2D eigenvalue weighted by Gasteiger charge is 2.26. The van der Waals surface area contributed by atoms with Crippen molar-refractivity contribution < 1.29 is 9.53 Å². The van der Waals surface area contributed by atoms with Crippen molar-refractivity contribution in [1.82, 2.24) is 0 Å². The molecule has 0 spiro atoms. The van der Waals surface area contributed by atoms with Gasteiger partial charge in [0.1, 0.15) is 5.78 Å². The van der Waals surface area contributed by atoms with Gasteiger partial charge in [-0.3, -0.25) is 4.79 Å². The molecule has 0 aromatic carbocycles. The van der Waals surface area contributed by atoms with Crippen molar-refractivity contribution in [1.29, 1.82) is 0 Å². The third kappa shape index (κ3) is 3.41. The molecular weight excluding hydrogens is 176 g/mol. The zero-order valence-electron chi connectivity index (χ0n) is 9.42. The third-order valence-electron chi connectivity index (χ3n) is 2.93. The van der Waals surface area contributed by atoms with Crippen molar-refractivity contribution in [2.24, 2.45) is 5.92 Å². The Hall–Kier alpha value is -0.370. The molecule has 2 heteroatoms. The maximum absolute atomic E-state index is 11.7. The van der Waals surface area contributed by atoms with Crippen molar-refractivity contribution in [3.05, 3.63) is 0 Å². The third-order valence-corrected chi connectivity index (χ3v) is 2.93. The van der Waals surface area contributed by atoms with Gasteiger partial charge in [-0.25, -0.2) is 0 Å². The van der Waals surface area contributed by atoms with Crippen molar-refractivity contribution in [2.45, 2.75) is 58.5 Å². The highest BCUT2D eigenvalue weighted by atomic mass is 16.5. The van der Waals surface area contributed by atoms with Crippen LogP contribution in [-0.4, -0.2) is 18.5 Å². The molecule has 0 amide bonds. The zero-order valence-corrected chi connectivity index (χ0v) is 9.42. The molecule has 2 atom stereocenters. The SMILES string of the molecule is CCCC(=O)C1CCOC(CCC)C1. The van der Waals surface area contributed by atoms with Crippen LogP contribution in [0.5, 0.6) is 0 Å². The van der Waals surface area contributed by atoms with E-state index in [-0.39, 0.29) is 0 Å². The Balaban J connectivity index is 2.35. The van der Waals surface area contributed by atoms with Gasteiger partial charge >= 0.3 is 0 Å². The highest BCUT2D eigenvalue weighted by molar-refractivity contribution is 5.81. The van der Waals surface area contributed by atoms with Crippen LogP contribution in [0.2, 0.25) is 0 Å². The lowest BCUT2D eigenvalue weighted by molar-refractivity contribution is -0.128. The summed E-state index contributed by atoms with van der Waals surface area (Å²) < 4.78 is 5.62. The molecule has 1 heterocycles. The monoisotopic (exact) mass is 198 g/mol. The van der Waals surface area contributed by atoms with Crippen LogP contribution >= 0.6 is 0 Å². The first-order valence-corrected chi connectivity index (χ1v) is 5.92. The number of carbonyl (C=O) groups is 1. The molecule has 1 fully saturated rings. The van der Waals surface area contributed by atoms with E-state index in [4.69, 9.17) is 4.74 Å². The van der Waals surface area contributed by atoms with Crippen molar-refractivity contribution in [3.8, 4) is 0 Å². The average Bonchev–Trinajstić information content (AvgIpc) is 2.19. The van der Waals surface area contributed by atoms with Crippen LogP contribution in [0.25, 0.3) is 0 Å². The van der Waals surface area contributed by atoms with Crippen molar-refractivity contribution in [2.75, 3.05) is 6.61 Å². The molecule has 0 aromatic rings. The van der Waals surface area contributed by atoms with Gasteiger partial charge in [0.05, 0.1) is 6.10 Å². The second-order valence-electron chi connectivity index (χ2n) is 4.22. The summed E-state index contributed by atoms with van der Waals surface area (Å²) >= 11 is 0. The van der Waals surface area contributed by atoms with E-state index in [0.29, 0.717) is 17.8 Å². The minimum absolute atomic E-state index is 0.292. The molecule has 0 aliphatic carbocycles. The Morgan fingerprint density at radius 3 is 2.79 bits per heavy atom. The van der Waals surface area contributed by atoms with Gasteiger partial charge in [0.2, 0.25) is 0 Å². The fourth-order valence-electron chi connectivity index (χ4n) is 2.15. The summed E-state index contributed by atoms with van der Waals surface area (Å²) in [4.78, 5) is 11.7. The second kappa shape index (κ2) is 6.18. The lowest BCUT2D eigenvalue weighted by atomic mass is 9.88. The molecule has 0 saturated carbocycles. The van der Waals surface area contributed by atoms with Gasteiger partial charge in [-0.2, -0.15) is 0 Å². The predicted octanol–water partition coefficient (Wildman–Crippen LogP) is 2.95. The molecule has 1 aliphatic heterocycles. The molecular formula is C12H22O2. The largest absolute Gasteiger partial charge is 0.378 e. The second-order valence-corrected chi connectivity index (χ2v) is 4.22. The number of ketones is 1. The standard InChI is InChI=1S/C12H22O2/c1-3-5-11-9-10(7-8-14-11)12(13)6-4-2/h10-11H,3-9H2,1-2H3. The number of Topliss-reactive ketones (excluding diaryl/α,β-unsaturated/α-hetero) is 1. The Bertz CT molecular complexity index is 175. The quantitative estimate of drug-likeness (QED) is 0.679. The van der Waals surface area contributed by atoms with Gasteiger partial charge in [0.15, 0.2) is 0 Å². The van der Waals surface area contributed by atoms with Gasteiger partial charge in [0.25, 0.3) is 0 Å². The lowest BCUT2D eigenvalue weighted by Gasteiger charge is -2.28. The van der Waals surface area contributed by atoms with E-state index in [1.165, 1.54) is 0 Å². The normalized spacial score (nSPS) is 27.6. The molecule has 0 radical (unpaired) electrons. The fourth-order valence-corrected chi connectivity index (χ4v) is 2.15. The predicted molar refractivity (Wildman–Crippen MR) is 57.3 cm³/mol. The molecule has 0 aromatic heterocycles. The number of rotatable bonds is 5. The Labute approximate surface area is 87.0 Å². The van der Waals surface area contributed by atoms with Crippen LogP contribution in [0, 0.1) is 5.92 Å². The maximum Gasteiger partial charge on any atom is 0.136 e. The summed E-state index contributed by atoms with van der Waals surface area (Å²) in [7, 11) is 0. The van der Waals surface area contributed by atoms with Gasteiger partial charge < -0.3 is 4.74 Å². The van der Waals surface area contributed by atoms with Gasteiger partial charge in [-0.05, 0) is 25.7 Å². The minimum atomic E-state index is 0.292. The lowest BCUT2D eigenvalue weighted by Crippen LogP contribution is -2.30. The topological polar surface area (TPSA) is 26.3 Å². The van der Waals surface area contributed by atoms with Gasteiger partial charge in [-0.1, -0.05) is 20.3 Å². The first-order valence-electron chi connectivity index (χ1n) is 5.92. The maximum atomic E-state index is 11.7. The zero-order chi connectivity index (χ0) is 10.4. The Morgan fingerprint density at radius 1 is 1.36 bits per heavy atom. The highest BCUT2D eigenvalue weighted by Crippen LogP contribution is 2.24. The summed E-state index contributed by atoms with van der Waals surface area (Å²) in [5, 5.41) is 0. The molecule has 1 rings (SSSR count). The van der Waals surface area contributed by atoms with E-state index in [1.807, 2.05) is 0 Å². The molecule has 14 heavy (non-hydrogen) atoms. The number of ether oxygens (including phenoxy) is 1. The smallest absolute Gasteiger partial charge is 0.136 e. The summed E-state index contributed by atoms with van der Waals surface area (Å²) in [6.45, 7) is 5.02. The number of hydrogen-bond acceptors (Lipinski definition) is 2. The molecule has 1 aliphatic rings. The summed E-state index contributed by atoms with van der Waals surface area (Å²) in [5.74, 6) is 0.747. The first-order chi connectivity index (χ1) is 6.77. The fraction of sp³-hybridized carbons (Fsp3) is 0.917. The Morgan fingerprint density at radius 2 is 2.14 bits per heavy atom. The first kappa shape index (κ1) is 11.7. The minimum Gasteiger partial charge on any atom is -0.378 e. The van der Waals surface area contributed by atoms with Crippen molar-refractivity contribution >= 4 is 5.78 Å². The molecule has 2 nitrogen and oxygen atoms in total. The van der Waals surface area contributed by atoms with Crippen LogP contribution in [0.3, 0.4) is 0 Å². The molecule has 0 N–H and O–H groups in total. The molecule has 82 valence electrons. The molecule has 2 unspecified atom stereocenters. The van der Waals surface area contributed by atoms with Crippen LogP contribution in [-0.2, 0) is 9.53 Å². The van der Waals surface area contributed by atoms with E-state index in [1.54, 1.807) is 0 Å². The van der Waals surface area contributed by atoms with Gasteiger partial charge in [0, 0.05) is 18.9 Å². The van der Waals surface area contributed by atoms with E-state index in [9.17, 15) is 4.79 Å². The van der Waals surface area contributed by atoms with Crippen molar-refractivity contribution in [3.63, 3.8) is 0 Å². The summed E-state index contributed by atoms with van der Waals surface area (Å²) in [5.41, 5.74) is 0. The van der Waals surface area contributed by atoms with Crippen LogP contribution in [0.15, 0.2) is 0 Å². The molecule has 1 saturated heterocycles. The average molecular weight is 198 g/mol. The molecule has 0 bridgehead atoms. The Kier molecular flexibility index (Phi) is 5.16. The van der Waals surface area contributed by atoms with E-state index < -0.39 is 0 Å².